The predicted octanol–water partition coefficient (Wildman–Crippen LogP) is 1.73. The van der Waals surface area contributed by atoms with Gasteiger partial charge in [0.05, 0.1) is 5.92 Å². The van der Waals surface area contributed by atoms with Crippen LogP contribution < -0.4 is 5.32 Å². The van der Waals surface area contributed by atoms with E-state index >= 15 is 0 Å². The van der Waals surface area contributed by atoms with Crippen molar-refractivity contribution < 1.29 is 4.42 Å². The molecule has 1 aliphatic rings. The molecule has 1 aromatic heterocycles. The molecule has 0 atom stereocenters. The summed E-state index contributed by atoms with van der Waals surface area (Å²) in [6, 6.07) is 8.09. The van der Waals surface area contributed by atoms with E-state index in [4.69, 9.17) is 4.42 Å². The molecule has 4 nitrogen and oxygen atoms in total. The molecule has 0 spiro atoms. The molecule has 82 valence electrons. The van der Waals surface area contributed by atoms with Crippen molar-refractivity contribution in [3.8, 4) is 11.5 Å². The van der Waals surface area contributed by atoms with Crippen molar-refractivity contribution in [2.24, 2.45) is 0 Å². The summed E-state index contributed by atoms with van der Waals surface area (Å²) in [6.45, 7) is 3.93. The third kappa shape index (κ3) is 1.61. The number of nitrogens with zero attached hydrogens (tertiary/aromatic N) is 2. The number of nitrogens with one attached hydrogen (secondary N) is 1. The molecule has 0 radical (unpaired) electrons. The van der Waals surface area contributed by atoms with Crippen LogP contribution in [0, 0.1) is 6.92 Å². The van der Waals surface area contributed by atoms with Crippen molar-refractivity contribution in [1.29, 1.82) is 0 Å². The second kappa shape index (κ2) is 3.72. The number of hydrogen-bond acceptors (Lipinski definition) is 4. The molecular weight excluding hydrogens is 202 g/mol. The highest BCUT2D eigenvalue weighted by Gasteiger charge is 2.24. The Labute approximate surface area is 93.7 Å². The molecule has 1 N–H and O–H groups in total. The normalized spacial score (nSPS) is 16.1. The van der Waals surface area contributed by atoms with Gasteiger partial charge in [0.25, 0.3) is 0 Å². The highest BCUT2D eigenvalue weighted by Crippen LogP contribution is 2.23. The van der Waals surface area contributed by atoms with Crippen LogP contribution in [-0.4, -0.2) is 23.3 Å². The third-order valence-electron chi connectivity index (χ3n) is 2.84. The average molecular weight is 215 g/mol. The van der Waals surface area contributed by atoms with Gasteiger partial charge < -0.3 is 9.73 Å². The number of aryl methyl sites for hydroxylation is 1. The van der Waals surface area contributed by atoms with Gasteiger partial charge >= 0.3 is 0 Å². The first-order valence-electron chi connectivity index (χ1n) is 5.44. The summed E-state index contributed by atoms with van der Waals surface area (Å²) in [7, 11) is 0. The van der Waals surface area contributed by atoms with E-state index in [1.807, 2.05) is 12.1 Å². The molecule has 0 unspecified atom stereocenters. The van der Waals surface area contributed by atoms with Crippen LogP contribution in [0.4, 0.5) is 0 Å². The standard InChI is InChI=1S/C12H13N3O/c1-8-3-2-4-9(5-8)11-14-15-12(16-11)10-6-13-7-10/h2-5,10,13H,6-7H2,1H3. The van der Waals surface area contributed by atoms with Crippen LogP contribution in [0.5, 0.6) is 0 Å². The number of aromatic nitrogens is 2. The SMILES string of the molecule is Cc1cccc(-c2nnc(C3CNC3)o2)c1. The molecular formula is C12H13N3O. The highest BCUT2D eigenvalue weighted by molar-refractivity contribution is 5.53. The lowest BCUT2D eigenvalue weighted by Crippen LogP contribution is -2.40. The summed E-state index contributed by atoms with van der Waals surface area (Å²) in [5, 5.41) is 11.4. The van der Waals surface area contributed by atoms with Gasteiger partial charge in [-0.05, 0) is 19.1 Å². The van der Waals surface area contributed by atoms with Gasteiger partial charge in [0, 0.05) is 18.7 Å². The Hall–Kier alpha value is -1.68. The maximum atomic E-state index is 5.67. The van der Waals surface area contributed by atoms with Gasteiger partial charge in [-0.2, -0.15) is 0 Å². The summed E-state index contributed by atoms with van der Waals surface area (Å²) in [4.78, 5) is 0. The second-order valence-corrected chi connectivity index (χ2v) is 4.17. The lowest BCUT2D eigenvalue weighted by Gasteiger charge is -2.22. The van der Waals surface area contributed by atoms with Crippen molar-refractivity contribution >= 4 is 0 Å². The van der Waals surface area contributed by atoms with Gasteiger partial charge in [-0.1, -0.05) is 17.7 Å². The fourth-order valence-electron chi connectivity index (χ4n) is 1.76. The van der Waals surface area contributed by atoms with Gasteiger partial charge in [-0.3, -0.25) is 0 Å². The molecule has 1 aromatic carbocycles. The van der Waals surface area contributed by atoms with Gasteiger partial charge in [0.1, 0.15) is 0 Å². The summed E-state index contributed by atoms with van der Waals surface area (Å²) in [5.74, 6) is 1.76. The molecule has 3 rings (SSSR count). The summed E-state index contributed by atoms with van der Waals surface area (Å²) >= 11 is 0. The van der Waals surface area contributed by atoms with E-state index in [0.717, 1.165) is 24.5 Å². The monoisotopic (exact) mass is 215 g/mol. The van der Waals surface area contributed by atoms with Crippen molar-refractivity contribution in [3.05, 3.63) is 35.7 Å². The highest BCUT2D eigenvalue weighted by atomic mass is 16.4. The Morgan fingerprint density at radius 3 is 2.88 bits per heavy atom. The van der Waals surface area contributed by atoms with Gasteiger partial charge in [0.15, 0.2) is 0 Å². The first-order chi connectivity index (χ1) is 7.83. The largest absolute Gasteiger partial charge is 0.420 e. The maximum absolute atomic E-state index is 5.67. The van der Waals surface area contributed by atoms with Crippen molar-refractivity contribution in [1.82, 2.24) is 15.5 Å². The Kier molecular flexibility index (Phi) is 2.22. The fraction of sp³-hybridized carbons (Fsp3) is 0.333. The van der Waals surface area contributed by atoms with E-state index in [1.54, 1.807) is 0 Å². The molecule has 0 aliphatic carbocycles. The lowest BCUT2D eigenvalue weighted by atomic mass is 10.0. The summed E-state index contributed by atoms with van der Waals surface area (Å²) in [5.41, 5.74) is 2.19. The summed E-state index contributed by atoms with van der Waals surface area (Å²) in [6.07, 6.45) is 0. The molecule has 0 amide bonds. The first kappa shape index (κ1) is 9.54. The molecule has 0 bridgehead atoms. The Bertz CT molecular complexity index is 502. The third-order valence-corrected chi connectivity index (χ3v) is 2.84. The Morgan fingerprint density at radius 1 is 1.31 bits per heavy atom. The zero-order valence-electron chi connectivity index (χ0n) is 9.10. The molecule has 1 fully saturated rings. The van der Waals surface area contributed by atoms with E-state index in [1.165, 1.54) is 5.56 Å². The van der Waals surface area contributed by atoms with Gasteiger partial charge in [-0.25, -0.2) is 0 Å². The smallest absolute Gasteiger partial charge is 0.247 e. The van der Waals surface area contributed by atoms with Crippen LogP contribution in [0.25, 0.3) is 11.5 Å². The van der Waals surface area contributed by atoms with Crippen molar-refractivity contribution in [3.63, 3.8) is 0 Å². The number of benzene rings is 1. The van der Waals surface area contributed by atoms with E-state index in [2.05, 4.69) is 34.6 Å². The van der Waals surface area contributed by atoms with Crippen LogP contribution in [0.15, 0.2) is 28.7 Å². The zero-order valence-corrected chi connectivity index (χ0v) is 9.10. The van der Waals surface area contributed by atoms with E-state index in [-0.39, 0.29) is 0 Å². The van der Waals surface area contributed by atoms with Crippen LogP contribution in [-0.2, 0) is 0 Å². The summed E-state index contributed by atoms with van der Waals surface area (Å²) < 4.78 is 5.67. The molecule has 2 aromatic rings. The van der Waals surface area contributed by atoms with Gasteiger partial charge in [0.2, 0.25) is 11.8 Å². The molecule has 1 saturated heterocycles. The lowest BCUT2D eigenvalue weighted by molar-refractivity contribution is 0.361. The predicted molar refractivity (Wildman–Crippen MR) is 60.1 cm³/mol. The number of hydrogen-bond donors (Lipinski definition) is 1. The molecule has 2 heterocycles. The van der Waals surface area contributed by atoms with Crippen LogP contribution in [0.3, 0.4) is 0 Å². The number of rotatable bonds is 2. The quantitative estimate of drug-likeness (QED) is 0.829. The van der Waals surface area contributed by atoms with Gasteiger partial charge in [-0.15, -0.1) is 10.2 Å². The Balaban J connectivity index is 1.91. The van der Waals surface area contributed by atoms with E-state index in [0.29, 0.717) is 11.8 Å². The zero-order chi connectivity index (χ0) is 11.0. The van der Waals surface area contributed by atoms with Crippen LogP contribution in [0.2, 0.25) is 0 Å². The molecule has 1 aliphatic heterocycles. The first-order valence-corrected chi connectivity index (χ1v) is 5.44. The molecule has 0 saturated carbocycles. The maximum Gasteiger partial charge on any atom is 0.247 e. The second-order valence-electron chi connectivity index (χ2n) is 4.17. The minimum absolute atomic E-state index is 0.394. The fourth-order valence-corrected chi connectivity index (χ4v) is 1.76. The van der Waals surface area contributed by atoms with Crippen molar-refractivity contribution in [2.75, 3.05) is 13.1 Å². The van der Waals surface area contributed by atoms with Crippen molar-refractivity contribution in [2.45, 2.75) is 12.8 Å². The minimum atomic E-state index is 0.394. The van der Waals surface area contributed by atoms with E-state index in [9.17, 15) is 0 Å². The van der Waals surface area contributed by atoms with Crippen LogP contribution in [0.1, 0.15) is 17.4 Å². The van der Waals surface area contributed by atoms with E-state index < -0.39 is 0 Å². The average Bonchev–Trinajstić information content (AvgIpc) is 2.64. The van der Waals surface area contributed by atoms with Crippen LogP contribution >= 0.6 is 0 Å². The Morgan fingerprint density at radius 2 is 2.19 bits per heavy atom. The molecule has 16 heavy (non-hydrogen) atoms. The minimum Gasteiger partial charge on any atom is -0.420 e. The molecule has 4 heteroatoms. The topological polar surface area (TPSA) is 51.0 Å².